The summed E-state index contributed by atoms with van der Waals surface area (Å²) in [5.41, 5.74) is 1.17. The minimum Gasteiger partial charge on any atom is -0.493 e. The van der Waals surface area contributed by atoms with Gasteiger partial charge in [-0.3, -0.25) is 0 Å². The Morgan fingerprint density at radius 1 is 1.37 bits per heavy atom. The predicted molar refractivity (Wildman–Crippen MR) is 74.9 cm³/mol. The van der Waals surface area contributed by atoms with Crippen LogP contribution in [0.1, 0.15) is 18.4 Å². The number of aliphatic hydroxyl groups is 1. The van der Waals surface area contributed by atoms with Crippen molar-refractivity contribution in [1.29, 1.82) is 0 Å². The summed E-state index contributed by atoms with van der Waals surface area (Å²) >= 11 is 0. The van der Waals surface area contributed by atoms with E-state index in [2.05, 4.69) is 11.9 Å². The molecule has 4 nitrogen and oxygen atoms in total. The molecule has 0 aliphatic carbocycles. The van der Waals surface area contributed by atoms with E-state index in [4.69, 9.17) is 14.6 Å². The maximum absolute atomic E-state index is 8.86. The van der Waals surface area contributed by atoms with Crippen molar-refractivity contribution in [1.82, 2.24) is 4.90 Å². The molecular formula is C15H23NO3. The number of likely N-dealkylation sites (N-methyl/N-ethyl adjacent to an activating group) is 1. The molecule has 0 amide bonds. The lowest BCUT2D eigenvalue weighted by Crippen LogP contribution is -2.21. The van der Waals surface area contributed by atoms with Crippen molar-refractivity contribution in [2.75, 3.05) is 33.9 Å². The fraction of sp³-hybridized carbons (Fsp3) is 0.600. The Morgan fingerprint density at radius 2 is 2.21 bits per heavy atom. The minimum atomic E-state index is 0.217. The first-order chi connectivity index (χ1) is 9.22. The summed E-state index contributed by atoms with van der Waals surface area (Å²) in [5, 5.41) is 8.86. The van der Waals surface area contributed by atoms with Crippen molar-refractivity contribution in [2.45, 2.75) is 25.4 Å². The van der Waals surface area contributed by atoms with E-state index in [1.807, 2.05) is 18.2 Å². The average Bonchev–Trinajstić information content (AvgIpc) is 2.83. The van der Waals surface area contributed by atoms with Crippen molar-refractivity contribution >= 4 is 0 Å². The van der Waals surface area contributed by atoms with Gasteiger partial charge in [-0.1, -0.05) is 6.07 Å². The van der Waals surface area contributed by atoms with E-state index in [0.29, 0.717) is 0 Å². The van der Waals surface area contributed by atoms with E-state index in [9.17, 15) is 0 Å². The number of methoxy groups -OCH3 is 1. The number of rotatable bonds is 6. The molecule has 0 radical (unpaired) electrons. The van der Waals surface area contributed by atoms with E-state index in [0.717, 1.165) is 43.9 Å². The Bertz CT molecular complexity index is 408. The zero-order chi connectivity index (χ0) is 13.7. The molecule has 1 heterocycles. The summed E-state index contributed by atoms with van der Waals surface area (Å²) in [6.45, 7) is 2.27. The van der Waals surface area contributed by atoms with Gasteiger partial charge in [-0.25, -0.2) is 0 Å². The number of nitrogens with zero attached hydrogens (tertiary/aromatic N) is 1. The van der Waals surface area contributed by atoms with Gasteiger partial charge < -0.3 is 19.5 Å². The normalized spacial score (nSPS) is 19.6. The molecule has 0 aromatic heterocycles. The van der Waals surface area contributed by atoms with Gasteiger partial charge in [-0.15, -0.1) is 0 Å². The number of benzene rings is 1. The molecule has 4 heteroatoms. The predicted octanol–water partition coefficient (Wildman–Crippen LogP) is 1.70. The van der Waals surface area contributed by atoms with Crippen molar-refractivity contribution < 1.29 is 14.6 Å². The van der Waals surface area contributed by atoms with Gasteiger partial charge in [-0.2, -0.15) is 0 Å². The second kappa shape index (κ2) is 6.78. The Hall–Kier alpha value is -1.26. The largest absolute Gasteiger partial charge is 0.493 e. The quantitative estimate of drug-likeness (QED) is 0.850. The van der Waals surface area contributed by atoms with Crippen LogP contribution in [-0.4, -0.2) is 50.0 Å². The number of hydrogen-bond acceptors (Lipinski definition) is 4. The van der Waals surface area contributed by atoms with Gasteiger partial charge in [0.05, 0.1) is 7.11 Å². The number of aliphatic hydroxyl groups excluding tert-OH is 1. The van der Waals surface area contributed by atoms with Crippen LogP contribution in [0.25, 0.3) is 0 Å². The van der Waals surface area contributed by atoms with Crippen LogP contribution >= 0.6 is 0 Å². The maximum atomic E-state index is 8.86. The van der Waals surface area contributed by atoms with Gasteiger partial charge in [-0.05, 0) is 44.0 Å². The molecule has 19 heavy (non-hydrogen) atoms. The highest BCUT2D eigenvalue weighted by atomic mass is 16.5. The van der Waals surface area contributed by atoms with Crippen molar-refractivity contribution in [3.8, 4) is 11.5 Å². The monoisotopic (exact) mass is 265 g/mol. The average molecular weight is 265 g/mol. The Kier molecular flexibility index (Phi) is 5.05. The molecule has 0 spiro atoms. The minimum absolute atomic E-state index is 0.217. The first-order valence-electron chi connectivity index (χ1n) is 6.86. The second-order valence-electron chi connectivity index (χ2n) is 5.10. The number of aryl methyl sites for hydroxylation is 1. The number of ether oxygens (including phenoxy) is 2. The number of hydrogen-bond donors (Lipinski definition) is 1. The molecule has 1 atom stereocenters. The first-order valence-corrected chi connectivity index (χ1v) is 6.86. The summed E-state index contributed by atoms with van der Waals surface area (Å²) in [6, 6.07) is 6.03. The summed E-state index contributed by atoms with van der Waals surface area (Å²) in [6.07, 6.45) is 2.95. The van der Waals surface area contributed by atoms with Crippen molar-refractivity contribution in [3.05, 3.63) is 23.8 Å². The van der Waals surface area contributed by atoms with Gasteiger partial charge in [0.25, 0.3) is 0 Å². The highest BCUT2D eigenvalue weighted by Gasteiger charge is 2.22. The van der Waals surface area contributed by atoms with E-state index < -0.39 is 0 Å². The highest BCUT2D eigenvalue weighted by Crippen LogP contribution is 2.30. The van der Waals surface area contributed by atoms with Gasteiger partial charge in [0.1, 0.15) is 6.10 Å². The number of likely N-dealkylation sites (tertiary alicyclic amines) is 1. The molecule has 1 aromatic rings. The molecule has 106 valence electrons. The molecular weight excluding hydrogens is 242 g/mol. The molecule has 0 saturated carbocycles. The molecule has 1 aliphatic heterocycles. The zero-order valence-corrected chi connectivity index (χ0v) is 11.8. The fourth-order valence-electron chi connectivity index (χ4n) is 2.42. The summed E-state index contributed by atoms with van der Waals surface area (Å²) in [7, 11) is 3.78. The van der Waals surface area contributed by atoms with Crippen molar-refractivity contribution in [2.24, 2.45) is 0 Å². The SMILES string of the molecule is COc1cc(CCCO)ccc1OC1CCN(C)C1. The Morgan fingerprint density at radius 3 is 2.84 bits per heavy atom. The third kappa shape index (κ3) is 3.85. The molecule has 1 aromatic carbocycles. The first kappa shape index (κ1) is 14.2. The van der Waals surface area contributed by atoms with Crippen LogP contribution in [0, 0.1) is 0 Å². The zero-order valence-electron chi connectivity index (χ0n) is 11.8. The van der Waals surface area contributed by atoms with Gasteiger partial charge in [0.2, 0.25) is 0 Å². The lowest BCUT2D eigenvalue weighted by atomic mass is 10.1. The maximum Gasteiger partial charge on any atom is 0.161 e. The topological polar surface area (TPSA) is 41.9 Å². The molecule has 0 bridgehead atoms. The van der Waals surface area contributed by atoms with Crippen LogP contribution in [0.4, 0.5) is 0 Å². The van der Waals surface area contributed by atoms with Crippen LogP contribution in [0.5, 0.6) is 11.5 Å². The second-order valence-corrected chi connectivity index (χ2v) is 5.10. The smallest absolute Gasteiger partial charge is 0.161 e. The van der Waals surface area contributed by atoms with Crippen molar-refractivity contribution in [3.63, 3.8) is 0 Å². The van der Waals surface area contributed by atoms with Crippen LogP contribution in [0.15, 0.2) is 18.2 Å². The summed E-state index contributed by atoms with van der Waals surface area (Å²) in [5.74, 6) is 1.60. The standard InChI is InChI=1S/C15H23NO3/c1-16-8-7-13(11-16)19-14-6-5-12(4-3-9-17)10-15(14)18-2/h5-6,10,13,17H,3-4,7-9,11H2,1-2H3. The van der Waals surface area contributed by atoms with Crippen LogP contribution < -0.4 is 9.47 Å². The molecule has 1 fully saturated rings. The van der Waals surface area contributed by atoms with Crippen LogP contribution in [-0.2, 0) is 6.42 Å². The third-order valence-corrected chi connectivity index (χ3v) is 3.49. The van der Waals surface area contributed by atoms with Gasteiger partial charge >= 0.3 is 0 Å². The molecule has 2 rings (SSSR count). The van der Waals surface area contributed by atoms with Gasteiger partial charge in [0.15, 0.2) is 11.5 Å². The molecule has 1 N–H and O–H groups in total. The highest BCUT2D eigenvalue weighted by molar-refractivity contribution is 5.43. The van der Waals surface area contributed by atoms with Crippen LogP contribution in [0.2, 0.25) is 0 Å². The van der Waals surface area contributed by atoms with Gasteiger partial charge in [0, 0.05) is 19.7 Å². The Labute approximate surface area is 114 Å². The third-order valence-electron chi connectivity index (χ3n) is 3.49. The van der Waals surface area contributed by atoms with Crippen LogP contribution in [0.3, 0.4) is 0 Å². The fourth-order valence-corrected chi connectivity index (χ4v) is 2.42. The molecule has 1 saturated heterocycles. The molecule has 1 unspecified atom stereocenters. The summed E-state index contributed by atoms with van der Waals surface area (Å²) in [4.78, 5) is 2.27. The van der Waals surface area contributed by atoms with E-state index in [1.54, 1.807) is 7.11 Å². The molecule has 1 aliphatic rings. The van der Waals surface area contributed by atoms with E-state index in [-0.39, 0.29) is 12.7 Å². The lowest BCUT2D eigenvalue weighted by Gasteiger charge is -2.17. The van der Waals surface area contributed by atoms with E-state index >= 15 is 0 Å². The Balaban J connectivity index is 2.03. The lowest BCUT2D eigenvalue weighted by molar-refractivity contribution is 0.199. The summed E-state index contributed by atoms with van der Waals surface area (Å²) < 4.78 is 11.4. The van der Waals surface area contributed by atoms with E-state index in [1.165, 1.54) is 5.56 Å².